The molecule has 0 aliphatic heterocycles. The van der Waals surface area contributed by atoms with E-state index in [0.717, 1.165) is 18.1 Å². The van der Waals surface area contributed by atoms with E-state index in [1.54, 1.807) is 35.6 Å². The van der Waals surface area contributed by atoms with Crippen molar-refractivity contribution in [2.75, 3.05) is 11.9 Å². The Morgan fingerprint density at radius 2 is 2.14 bits per heavy atom. The number of nitrogens with one attached hydrogen (secondary N) is 2. The molecule has 2 heterocycles. The fourth-order valence-electron chi connectivity index (χ4n) is 2.67. The number of urea groups is 1. The third kappa shape index (κ3) is 4.29. The van der Waals surface area contributed by atoms with Gasteiger partial charge in [-0.1, -0.05) is 6.92 Å². The number of halogens is 1. The Bertz CT molecular complexity index is 997. The molecule has 0 radical (unpaired) electrons. The van der Waals surface area contributed by atoms with Crippen LogP contribution in [-0.4, -0.2) is 37.6 Å². The van der Waals surface area contributed by atoms with Gasteiger partial charge in [-0.2, -0.15) is 10.4 Å². The zero-order chi connectivity index (χ0) is 19.9. The fraction of sp³-hybridized carbons (Fsp3) is 0.211. The number of carbonyl (C=O) groups excluding carboxylic acids is 1. The molecule has 142 valence electrons. The number of anilines is 1. The van der Waals surface area contributed by atoms with Crippen molar-refractivity contribution in [1.29, 1.82) is 5.26 Å². The largest absolute Gasteiger partial charge is 0.322 e. The normalized spacial score (nSPS) is 10.3. The molecule has 28 heavy (non-hydrogen) atoms. The maximum atomic E-state index is 13.5. The highest BCUT2D eigenvalue weighted by atomic mass is 19.1. The van der Waals surface area contributed by atoms with Crippen molar-refractivity contribution in [3.63, 3.8) is 0 Å². The van der Waals surface area contributed by atoms with Crippen molar-refractivity contribution in [2.24, 2.45) is 0 Å². The molecule has 0 atom stereocenters. The Morgan fingerprint density at radius 1 is 1.36 bits per heavy atom. The van der Waals surface area contributed by atoms with Gasteiger partial charge in [0.05, 0.1) is 18.3 Å². The van der Waals surface area contributed by atoms with Gasteiger partial charge < -0.3 is 10.2 Å². The van der Waals surface area contributed by atoms with E-state index in [1.807, 2.05) is 6.92 Å². The van der Waals surface area contributed by atoms with E-state index < -0.39 is 5.82 Å². The van der Waals surface area contributed by atoms with Crippen LogP contribution < -0.4 is 5.32 Å². The second kappa shape index (κ2) is 8.73. The Kier molecular flexibility index (Phi) is 5.91. The predicted octanol–water partition coefficient (Wildman–Crippen LogP) is 3.32. The summed E-state index contributed by atoms with van der Waals surface area (Å²) < 4.78 is 13.5. The number of nitriles is 1. The molecule has 3 rings (SSSR count). The highest BCUT2D eigenvalue weighted by Crippen LogP contribution is 2.20. The minimum atomic E-state index is -0.628. The summed E-state index contributed by atoms with van der Waals surface area (Å²) in [5.41, 5.74) is 1.63. The van der Waals surface area contributed by atoms with Crippen molar-refractivity contribution in [3.8, 4) is 17.6 Å². The van der Waals surface area contributed by atoms with Crippen LogP contribution in [0.25, 0.3) is 11.5 Å². The molecule has 9 heteroatoms. The zero-order valence-corrected chi connectivity index (χ0v) is 15.2. The van der Waals surface area contributed by atoms with Crippen LogP contribution in [0.2, 0.25) is 0 Å². The van der Waals surface area contributed by atoms with E-state index in [4.69, 9.17) is 5.26 Å². The molecule has 0 aliphatic carbocycles. The second-order valence-corrected chi connectivity index (χ2v) is 6.00. The lowest BCUT2D eigenvalue weighted by Gasteiger charge is -2.22. The highest BCUT2D eigenvalue weighted by molar-refractivity contribution is 5.89. The summed E-state index contributed by atoms with van der Waals surface area (Å²) in [4.78, 5) is 22.8. The molecule has 0 bridgehead atoms. The SMILES string of the molecule is CCCN(Cc1cn[nH]c1-c1ncccn1)C(=O)Nc1ccc(F)c(C#N)c1. The first-order chi connectivity index (χ1) is 13.6. The molecule has 3 aromatic rings. The first kappa shape index (κ1) is 19.0. The number of hydrogen-bond acceptors (Lipinski definition) is 5. The quantitative estimate of drug-likeness (QED) is 0.682. The number of H-pyrrole nitrogens is 1. The summed E-state index contributed by atoms with van der Waals surface area (Å²) in [6, 6.07) is 6.99. The summed E-state index contributed by atoms with van der Waals surface area (Å²) in [5, 5.41) is 18.6. The Hall–Kier alpha value is -3.80. The number of aromatic amines is 1. The van der Waals surface area contributed by atoms with Gasteiger partial charge in [0.1, 0.15) is 17.6 Å². The average Bonchev–Trinajstić information content (AvgIpc) is 3.18. The third-order valence-electron chi connectivity index (χ3n) is 3.99. The molecule has 1 aromatic carbocycles. The van der Waals surface area contributed by atoms with E-state index in [2.05, 4.69) is 25.5 Å². The van der Waals surface area contributed by atoms with Gasteiger partial charge in [0, 0.05) is 30.2 Å². The lowest BCUT2D eigenvalue weighted by molar-refractivity contribution is 0.209. The highest BCUT2D eigenvalue weighted by Gasteiger charge is 2.18. The van der Waals surface area contributed by atoms with E-state index in [9.17, 15) is 9.18 Å². The molecule has 0 saturated heterocycles. The maximum absolute atomic E-state index is 13.5. The average molecular weight is 379 g/mol. The van der Waals surface area contributed by atoms with Crippen LogP contribution in [0.4, 0.5) is 14.9 Å². The topological polar surface area (TPSA) is 111 Å². The van der Waals surface area contributed by atoms with E-state index in [0.29, 0.717) is 23.8 Å². The van der Waals surface area contributed by atoms with Crippen LogP contribution in [0.15, 0.2) is 42.9 Å². The molecule has 8 nitrogen and oxygen atoms in total. The Labute approximate surface area is 161 Å². The molecule has 0 aliphatic rings. The minimum Gasteiger partial charge on any atom is -0.320 e. The number of nitrogens with zero attached hydrogens (tertiary/aromatic N) is 5. The first-order valence-electron chi connectivity index (χ1n) is 8.67. The van der Waals surface area contributed by atoms with Crippen LogP contribution >= 0.6 is 0 Å². The van der Waals surface area contributed by atoms with Crippen molar-refractivity contribution in [1.82, 2.24) is 25.1 Å². The van der Waals surface area contributed by atoms with Gasteiger partial charge in [-0.25, -0.2) is 19.2 Å². The second-order valence-electron chi connectivity index (χ2n) is 6.00. The predicted molar refractivity (Wildman–Crippen MR) is 100 cm³/mol. The standard InChI is InChI=1S/C19H18FN7O/c1-2-8-27(19(28)25-15-4-5-16(20)13(9-15)10-21)12-14-11-24-26-17(14)18-22-6-3-7-23-18/h3-7,9,11H,2,8,12H2,1H3,(H,24,26)(H,25,28). The molecule has 0 fully saturated rings. The lowest BCUT2D eigenvalue weighted by Crippen LogP contribution is -2.35. The van der Waals surface area contributed by atoms with Gasteiger partial charge in [0.25, 0.3) is 0 Å². The number of amides is 2. The van der Waals surface area contributed by atoms with Gasteiger partial charge in [-0.3, -0.25) is 5.10 Å². The monoisotopic (exact) mass is 379 g/mol. The van der Waals surface area contributed by atoms with E-state index in [-0.39, 0.29) is 18.1 Å². The summed E-state index contributed by atoms with van der Waals surface area (Å²) in [5.74, 6) is -0.138. The van der Waals surface area contributed by atoms with Gasteiger partial charge in [-0.15, -0.1) is 0 Å². The molecule has 0 unspecified atom stereocenters. The molecule has 0 saturated carbocycles. The number of benzene rings is 1. The molecule has 2 N–H and O–H groups in total. The number of carbonyl (C=O) groups is 1. The number of aromatic nitrogens is 4. The van der Waals surface area contributed by atoms with Crippen molar-refractivity contribution >= 4 is 11.7 Å². The molecule has 2 amide bonds. The first-order valence-corrected chi connectivity index (χ1v) is 8.67. The third-order valence-corrected chi connectivity index (χ3v) is 3.99. The zero-order valence-electron chi connectivity index (χ0n) is 15.2. The van der Waals surface area contributed by atoms with E-state index in [1.165, 1.54) is 12.1 Å². The smallest absolute Gasteiger partial charge is 0.320 e. The minimum absolute atomic E-state index is 0.127. The summed E-state index contributed by atoms with van der Waals surface area (Å²) in [6.07, 6.45) is 5.64. The maximum Gasteiger partial charge on any atom is 0.322 e. The fourth-order valence-corrected chi connectivity index (χ4v) is 2.67. The lowest BCUT2D eigenvalue weighted by atomic mass is 10.2. The number of hydrogen-bond donors (Lipinski definition) is 2. The van der Waals surface area contributed by atoms with Gasteiger partial charge >= 0.3 is 6.03 Å². The summed E-state index contributed by atoms with van der Waals surface area (Å²) in [6.45, 7) is 2.75. The molecular formula is C19H18FN7O. The van der Waals surface area contributed by atoms with Gasteiger partial charge in [-0.05, 0) is 30.7 Å². The van der Waals surface area contributed by atoms with Crippen LogP contribution in [0.1, 0.15) is 24.5 Å². The summed E-state index contributed by atoms with van der Waals surface area (Å²) >= 11 is 0. The van der Waals surface area contributed by atoms with Crippen LogP contribution in [0, 0.1) is 17.1 Å². The van der Waals surface area contributed by atoms with Crippen LogP contribution in [0.5, 0.6) is 0 Å². The van der Waals surface area contributed by atoms with Gasteiger partial charge in [0.2, 0.25) is 0 Å². The van der Waals surface area contributed by atoms with Crippen molar-refractivity contribution in [2.45, 2.75) is 19.9 Å². The van der Waals surface area contributed by atoms with Crippen LogP contribution in [-0.2, 0) is 6.54 Å². The van der Waals surface area contributed by atoms with Crippen molar-refractivity contribution in [3.05, 3.63) is 59.8 Å². The van der Waals surface area contributed by atoms with Crippen molar-refractivity contribution < 1.29 is 9.18 Å². The Morgan fingerprint density at radius 3 is 2.86 bits per heavy atom. The van der Waals surface area contributed by atoms with E-state index >= 15 is 0 Å². The Balaban J connectivity index is 1.78. The molecular weight excluding hydrogens is 361 g/mol. The van der Waals surface area contributed by atoms with Gasteiger partial charge in [0.15, 0.2) is 5.82 Å². The molecule has 2 aromatic heterocycles. The molecule has 0 spiro atoms. The number of rotatable bonds is 6. The summed E-state index contributed by atoms with van der Waals surface area (Å²) in [7, 11) is 0. The van der Waals surface area contributed by atoms with Crippen LogP contribution in [0.3, 0.4) is 0 Å².